The molecule has 146 valence electrons. The van der Waals surface area contributed by atoms with Crippen molar-refractivity contribution in [3.8, 4) is 5.69 Å². The molecule has 0 saturated heterocycles. The molecule has 0 saturated carbocycles. The second-order valence-electron chi connectivity index (χ2n) is 6.86. The molecule has 0 aliphatic carbocycles. The Balaban J connectivity index is 1.58. The van der Waals surface area contributed by atoms with Crippen LogP contribution in [0, 0.1) is 13.8 Å². The Kier molecular flexibility index (Phi) is 4.94. The van der Waals surface area contributed by atoms with E-state index in [2.05, 4.69) is 14.5 Å². The summed E-state index contributed by atoms with van der Waals surface area (Å²) in [7, 11) is -3.74. The zero-order valence-corrected chi connectivity index (χ0v) is 17.0. The number of nitrogens with one attached hydrogen (secondary N) is 1. The van der Waals surface area contributed by atoms with Gasteiger partial charge in [0.2, 0.25) is 0 Å². The summed E-state index contributed by atoms with van der Waals surface area (Å²) >= 11 is 0. The number of para-hydroxylation sites is 1. The van der Waals surface area contributed by atoms with Gasteiger partial charge in [0.05, 0.1) is 11.1 Å². The zero-order chi connectivity index (χ0) is 20.4. The fourth-order valence-electron chi connectivity index (χ4n) is 3.45. The van der Waals surface area contributed by atoms with Crippen molar-refractivity contribution in [1.29, 1.82) is 0 Å². The van der Waals surface area contributed by atoms with Crippen LogP contribution in [-0.2, 0) is 10.0 Å². The molecule has 0 bridgehead atoms. The molecular formula is C23H21N3O2S. The summed E-state index contributed by atoms with van der Waals surface area (Å²) in [6, 6.07) is 24.6. The number of hydrogen-bond donors (Lipinski definition) is 1. The van der Waals surface area contributed by atoms with Gasteiger partial charge in [-0.15, -0.1) is 0 Å². The SMILES string of the molecule is Cc1cc(/C=N\NS(=O)(=O)c2ccc3ccccc3c2)c(C)n1-c1ccccc1. The highest BCUT2D eigenvalue weighted by Gasteiger charge is 2.14. The highest BCUT2D eigenvalue weighted by atomic mass is 32.2. The van der Waals surface area contributed by atoms with Crippen LogP contribution in [0.4, 0.5) is 0 Å². The molecule has 0 radical (unpaired) electrons. The maximum atomic E-state index is 12.6. The Bertz CT molecular complexity index is 1310. The molecule has 0 unspecified atom stereocenters. The van der Waals surface area contributed by atoms with Crippen LogP contribution in [0.3, 0.4) is 0 Å². The maximum absolute atomic E-state index is 12.6. The van der Waals surface area contributed by atoms with Gasteiger partial charge in [-0.25, -0.2) is 4.83 Å². The first-order valence-corrected chi connectivity index (χ1v) is 10.7. The molecule has 0 fully saturated rings. The van der Waals surface area contributed by atoms with Crippen molar-refractivity contribution in [3.63, 3.8) is 0 Å². The molecule has 5 nitrogen and oxygen atoms in total. The van der Waals surface area contributed by atoms with E-state index in [0.717, 1.165) is 33.4 Å². The van der Waals surface area contributed by atoms with Gasteiger partial charge in [0.25, 0.3) is 10.0 Å². The number of rotatable bonds is 5. The quantitative estimate of drug-likeness (QED) is 0.392. The predicted octanol–water partition coefficient (Wildman–Crippen LogP) is 4.56. The molecule has 4 aromatic rings. The van der Waals surface area contributed by atoms with Gasteiger partial charge in [-0.3, -0.25) is 0 Å². The molecule has 0 spiro atoms. The minimum absolute atomic E-state index is 0.183. The maximum Gasteiger partial charge on any atom is 0.276 e. The molecule has 1 heterocycles. The van der Waals surface area contributed by atoms with E-state index in [-0.39, 0.29) is 4.90 Å². The van der Waals surface area contributed by atoms with Crippen molar-refractivity contribution in [3.05, 3.63) is 95.8 Å². The normalized spacial score (nSPS) is 11.9. The first-order chi connectivity index (χ1) is 14.0. The highest BCUT2D eigenvalue weighted by molar-refractivity contribution is 7.89. The predicted molar refractivity (Wildman–Crippen MR) is 117 cm³/mol. The minimum Gasteiger partial charge on any atom is -0.318 e. The third kappa shape index (κ3) is 3.79. The van der Waals surface area contributed by atoms with E-state index in [4.69, 9.17) is 0 Å². The van der Waals surface area contributed by atoms with Crippen molar-refractivity contribution in [2.75, 3.05) is 0 Å². The highest BCUT2D eigenvalue weighted by Crippen LogP contribution is 2.20. The third-order valence-electron chi connectivity index (χ3n) is 4.89. The van der Waals surface area contributed by atoms with E-state index >= 15 is 0 Å². The van der Waals surface area contributed by atoms with Crippen molar-refractivity contribution in [1.82, 2.24) is 9.40 Å². The van der Waals surface area contributed by atoms with E-state index in [1.165, 1.54) is 0 Å². The summed E-state index contributed by atoms with van der Waals surface area (Å²) in [5.74, 6) is 0. The van der Waals surface area contributed by atoms with Gasteiger partial charge in [0, 0.05) is 22.6 Å². The summed E-state index contributed by atoms with van der Waals surface area (Å²) in [5, 5.41) is 5.86. The fourth-order valence-corrected chi connectivity index (χ4v) is 4.27. The molecular weight excluding hydrogens is 382 g/mol. The Morgan fingerprint density at radius 1 is 0.862 bits per heavy atom. The lowest BCUT2D eigenvalue weighted by Crippen LogP contribution is -2.18. The molecule has 0 amide bonds. The number of aromatic nitrogens is 1. The zero-order valence-electron chi connectivity index (χ0n) is 16.2. The number of hydrazone groups is 1. The summed E-state index contributed by atoms with van der Waals surface area (Å²) < 4.78 is 27.3. The van der Waals surface area contributed by atoms with Gasteiger partial charge < -0.3 is 4.57 Å². The van der Waals surface area contributed by atoms with Crippen LogP contribution in [0.15, 0.2) is 88.9 Å². The molecule has 0 aliphatic rings. The second-order valence-corrected chi connectivity index (χ2v) is 8.52. The Morgan fingerprint density at radius 3 is 2.31 bits per heavy atom. The van der Waals surface area contributed by atoms with Crippen LogP contribution in [0.1, 0.15) is 17.0 Å². The summed E-state index contributed by atoms with van der Waals surface area (Å²) in [4.78, 5) is 2.50. The second kappa shape index (κ2) is 7.56. The van der Waals surface area contributed by atoms with Crippen molar-refractivity contribution in [2.24, 2.45) is 5.10 Å². The van der Waals surface area contributed by atoms with Gasteiger partial charge in [0.15, 0.2) is 0 Å². The van der Waals surface area contributed by atoms with Crippen LogP contribution in [0.5, 0.6) is 0 Å². The number of sulfonamides is 1. The standard InChI is InChI=1S/C23H21N3O2S/c1-17-14-21(18(2)26(17)22-10-4-3-5-11-22)16-24-25-29(27,28)23-13-12-19-8-6-7-9-20(19)15-23/h3-16,25H,1-2H3/b24-16-. The van der Waals surface area contributed by atoms with Gasteiger partial charge in [-0.2, -0.15) is 13.5 Å². The Hall–Kier alpha value is -3.38. The van der Waals surface area contributed by atoms with E-state index in [1.54, 1.807) is 24.4 Å². The lowest BCUT2D eigenvalue weighted by atomic mass is 10.1. The van der Waals surface area contributed by atoms with Crippen molar-refractivity contribution < 1.29 is 8.42 Å². The van der Waals surface area contributed by atoms with Crippen LogP contribution >= 0.6 is 0 Å². The number of aryl methyl sites for hydroxylation is 1. The summed E-state index contributed by atoms with van der Waals surface area (Å²) in [5.41, 5.74) is 3.95. The van der Waals surface area contributed by atoms with Gasteiger partial charge in [-0.05, 0) is 55.0 Å². The van der Waals surface area contributed by atoms with Gasteiger partial charge in [0.1, 0.15) is 0 Å². The van der Waals surface area contributed by atoms with Gasteiger partial charge >= 0.3 is 0 Å². The Labute approximate surface area is 170 Å². The van der Waals surface area contributed by atoms with E-state index in [0.29, 0.717) is 0 Å². The lowest BCUT2D eigenvalue weighted by molar-refractivity contribution is 0.585. The van der Waals surface area contributed by atoms with Crippen LogP contribution in [0.25, 0.3) is 16.5 Å². The number of hydrogen-bond acceptors (Lipinski definition) is 3. The molecule has 29 heavy (non-hydrogen) atoms. The summed E-state index contributed by atoms with van der Waals surface area (Å²) in [6.07, 6.45) is 1.54. The Morgan fingerprint density at radius 2 is 1.55 bits per heavy atom. The number of benzene rings is 3. The van der Waals surface area contributed by atoms with E-state index in [1.807, 2.05) is 74.5 Å². The van der Waals surface area contributed by atoms with Crippen molar-refractivity contribution in [2.45, 2.75) is 18.7 Å². The average Bonchev–Trinajstić information content (AvgIpc) is 3.01. The molecule has 6 heteroatoms. The largest absolute Gasteiger partial charge is 0.318 e. The lowest BCUT2D eigenvalue weighted by Gasteiger charge is -2.09. The topological polar surface area (TPSA) is 63.5 Å². The smallest absolute Gasteiger partial charge is 0.276 e. The van der Waals surface area contributed by atoms with Gasteiger partial charge in [-0.1, -0.05) is 48.5 Å². The van der Waals surface area contributed by atoms with Crippen LogP contribution in [0.2, 0.25) is 0 Å². The van der Waals surface area contributed by atoms with E-state index < -0.39 is 10.0 Å². The van der Waals surface area contributed by atoms with Crippen molar-refractivity contribution >= 4 is 27.0 Å². The number of nitrogens with zero attached hydrogens (tertiary/aromatic N) is 2. The first-order valence-electron chi connectivity index (χ1n) is 9.24. The number of fused-ring (bicyclic) bond motifs is 1. The molecule has 3 aromatic carbocycles. The van der Waals surface area contributed by atoms with E-state index in [9.17, 15) is 8.42 Å². The molecule has 0 aliphatic heterocycles. The fraction of sp³-hybridized carbons (Fsp3) is 0.0870. The molecule has 4 rings (SSSR count). The summed E-state index contributed by atoms with van der Waals surface area (Å²) in [6.45, 7) is 4.00. The molecule has 1 N–H and O–H groups in total. The monoisotopic (exact) mass is 403 g/mol. The minimum atomic E-state index is -3.74. The first kappa shape index (κ1) is 19.0. The third-order valence-corrected chi connectivity index (χ3v) is 6.11. The molecule has 1 aromatic heterocycles. The average molecular weight is 404 g/mol. The van der Waals surface area contributed by atoms with Crippen LogP contribution < -0.4 is 4.83 Å². The molecule has 0 atom stereocenters. The van der Waals surface area contributed by atoms with Crippen LogP contribution in [-0.4, -0.2) is 19.2 Å².